The molecular formula is C66H76N10O13. The highest BCUT2D eigenvalue weighted by Gasteiger charge is 2.31. The van der Waals surface area contributed by atoms with E-state index in [1.807, 2.05) is 77.9 Å². The number of amides is 1. The van der Waals surface area contributed by atoms with E-state index in [9.17, 15) is 14.7 Å². The normalized spacial score (nSPS) is 17.6. The maximum atomic E-state index is 13.4. The van der Waals surface area contributed by atoms with Gasteiger partial charge in [-0.15, -0.1) is 0 Å². The molecule has 1 amide bonds. The molecule has 4 aliphatic rings. The number of ether oxygens (including phenoxy) is 7. The van der Waals surface area contributed by atoms with E-state index in [-0.39, 0.29) is 44.8 Å². The van der Waals surface area contributed by atoms with Gasteiger partial charge in [-0.2, -0.15) is 0 Å². The number of benzene rings is 4. The molecule has 0 saturated heterocycles. The summed E-state index contributed by atoms with van der Waals surface area (Å²) >= 11 is 0. The zero-order valence-corrected chi connectivity index (χ0v) is 49.6. The molecule has 23 nitrogen and oxygen atoms in total. The van der Waals surface area contributed by atoms with Gasteiger partial charge in [-0.05, 0) is 141 Å². The van der Waals surface area contributed by atoms with Gasteiger partial charge in [-0.1, -0.05) is 25.2 Å². The number of nitrogens with one attached hydrogen (secondary N) is 3. The lowest BCUT2D eigenvalue weighted by molar-refractivity contribution is -0.120. The predicted molar refractivity (Wildman–Crippen MR) is 336 cm³/mol. The summed E-state index contributed by atoms with van der Waals surface area (Å²) in [5.41, 5.74) is 16.8. The van der Waals surface area contributed by atoms with Gasteiger partial charge in [0, 0.05) is 56.1 Å². The van der Waals surface area contributed by atoms with Crippen LogP contribution in [-0.4, -0.2) is 128 Å². The fraction of sp³-hybridized carbons (Fsp3) is 0.394. The van der Waals surface area contributed by atoms with Gasteiger partial charge in [-0.25, -0.2) is 19.9 Å². The van der Waals surface area contributed by atoms with Gasteiger partial charge < -0.3 is 73.4 Å². The van der Waals surface area contributed by atoms with E-state index >= 15 is 0 Å². The van der Waals surface area contributed by atoms with Crippen molar-refractivity contribution in [3.05, 3.63) is 88.7 Å². The highest BCUT2D eigenvalue weighted by atomic mass is 16.6. The molecule has 14 rings (SSSR count). The zero-order chi connectivity index (χ0) is 60.8. The molecule has 2 aliphatic carbocycles. The molecule has 0 radical (unpaired) electrons. The first-order valence-corrected chi connectivity index (χ1v) is 29.1. The standard InChI is InChI=1S/C32H33N5O6.C26H22N4O6.C6H13NO.2CH4/c1-15-26(16(2)43-37-15)23-13-24-22(14-25(23)40-4)27-28(33-17(3)34-31(27)36-24)20-9-10-21(30-29(20)41-11-12-42-30)32(39)35-18-5-7-19(38)8-6-18;1-12-21(13(2)36-30-12)17-9-18-16(10-20(17)32-4)22-23(27-14(3)28-26(22)29-18)15-5-6-19(35-11-31)25-24(15)33-7-8-34-25;7-5-1-3-6(8)4-2-5;;/h9-10,13-14,18-19,38H,5-8,11-12H2,1-4H3,(H,35,39)(H,33,34,36);5-6,9-11H,7-8H2,1-4H3,(H,27,28,29);5-6,8H,1-4,7H2;2*1H4. The first kappa shape index (κ1) is 62.7. The Morgan fingerprint density at radius 3 is 1.48 bits per heavy atom. The van der Waals surface area contributed by atoms with E-state index in [2.05, 4.69) is 30.6 Å². The van der Waals surface area contributed by atoms with Crippen LogP contribution in [0.3, 0.4) is 0 Å². The molecule has 7 N–H and O–H groups in total. The minimum Gasteiger partial charge on any atom is -0.496 e. The smallest absolute Gasteiger partial charge is 0.298 e. The van der Waals surface area contributed by atoms with Crippen LogP contribution in [0.15, 0.2) is 57.6 Å². The topological polar surface area (TPSA) is 312 Å². The molecule has 0 atom stereocenters. The van der Waals surface area contributed by atoms with Crippen LogP contribution in [0.5, 0.6) is 40.2 Å². The number of H-pyrrole nitrogens is 2. The lowest BCUT2D eigenvalue weighted by atomic mass is 9.93. The van der Waals surface area contributed by atoms with Crippen molar-refractivity contribution < 1.29 is 62.0 Å². The average molecular weight is 1220 g/mol. The van der Waals surface area contributed by atoms with Crippen LogP contribution in [0.25, 0.3) is 88.6 Å². The number of aliphatic hydroxyl groups excluding tert-OH is 2. The van der Waals surface area contributed by atoms with Gasteiger partial charge in [0.1, 0.15) is 72.4 Å². The first-order valence-electron chi connectivity index (χ1n) is 29.1. The number of nitrogens with two attached hydrogens (primary N) is 1. The van der Waals surface area contributed by atoms with Gasteiger partial charge in [0.15, 0.2) is 23.0 Å². The molecule has 4 aromatic carbocycles. The molecule has 10 aromatic rings. The Hall–Kier alpha value is -9.32. The van der Waals surface area contributed by atoms with Gasteiger partial charge >= 0.3 is 0 Å². The van der Waals surface area contributed by atoms with Crippen LogP contribution in [0, 0.1) is 41.5 Å². The SMILES string of the molecule is C.C.COc1cc2c(cc1-c1c(C)noc1C)[nH]c1nc(C)nc(-c3ccc(C(=O)NC4CCC(O)CC4)c4c3OCCO4)c12.COc1cc2c(cc1-c1c(C)noc1C)[nH]c1nc(C)nc(-c3ccc(OC=O)c4c3OCCO4)c12.NC1CCC(O)CC1. The number of carbonyl (C=O) groups excluding carboxylic acids is 2. The molecule has 468 valence electrons. The van der Waals surface area contributed by atoms with Gasteiger partial charge in [0.05, 0.1) is 76.7 Å². The Labute approximate surface area is 513 Å². The minimum atomic E-state index is -0.294. The van der Waals surface area contributed by atoms with Crippen molar-refractivity contribution >= 4 is 56.3 Å². The van der Waals surface area contributed by atoms with Gasteiger partial charge in [-0.3, -0.25) is 9.59 Å². The third-order valence-electron chi connectivity index (χ3n) is 16.4. The molecule has 6 aromatic heterocycles. The summed E-state index contributed by atoms with van der Waals surface area (Å²) in [6.45, 7) is 13.0. The number of rotatable bonds is 10. The maximum Gasteiger partial charge on any atom is 0.298 e. The Morgan fingerprint density at radius 1 is 0.584 bits per heavy atom. The summed E-state index contributed by atoms with van der Waals surface area (Å²) in [4.78, 5) is 50.3. The number of hydrogen-bond donors (Lipinski definition) is 6. The molecular weight excluding hydrogens is 1140 g/mol. The second-order valence-electron chi connectivity index (χ2n) is 22.3. The molecule has 2 aliphatic heterocycles. The molecule has 89 heavy (non-hydrogen) atoms. The van der Waals surface area contributed by atoms with Crippen LogP contribution >= 0.6 is 0 Å². The Bertz CT molecular complexity index is 4220. The highest BCUT2D eigenvalue weighted by molar-refractivity contribution is 6.16. The largest absolute Gasteiger partial charge is 0.496 e. The van der Waals surface area contributed by atoms with Crippen molar-refractivity contribution in [3.63, 3.8) is 0 Å². The fourth-order valence-corrected chi connectivity index (χ4v) is 12.3. The number of hydrogen-bond acceptors (Lipinski definition) is 20. The van der Waals surface area contributed by atoms with Gasteiger partial charge in [0.2, 0.25) is 5.75 Å². The summed E-state index contributed by atoms with van der Waals surface area (Å²) in [6.07, 6.45) is 6.30. The number of carbonyl (C=O) groups is 2. The summed E-state index contributed by atoms with van der Waals surface area (Å²) < 4.78 is 51.6. The summed E-state index contributed by atoms with van der Waals surface area (Å²) in [7, 11) is 3.27. The van der Waals surface area contributed by atoms with Crippen LogP contribution in [0.1, 0.15) is 111 Å². The van der Waals surface area contributed by atoms with E-state index in [0.29, 0.717) is 149 Å². The first-order chi connectivity index (χ1) is 42.1. The van der Waals surface area contributed by atoms with Crippen LogP contribution < -0.4 is 44.2 Å². The number of fused-ring (bicyclic) bond motifs is 8. The Morgan fingerprint density at radius 2 is 1.03 bits per heavy atom. The second kappa shape index (κ2) is 26.2. The minimum absolute atomic E-state index is 0. The Kier molecular flexibility index (Phi) is 18.4. The fourth-order valence-electron chi connectivity index (χ4n) is 12.3. The number of nitrogens with zero attached hydrogens (tertiary/aromatic N) is 6. The molecule has 0 bridgehead atoms. The third-order valence-corrected chi connectivity index (χ3v) is 16.4. The lowest BCUT2D eigenvalue weighted by Crippen LogP contribution is -2.39. The van der Waals surface area contributed by atoms with Crippen molar-refractivity contribution in [2.45, 2.75) is 132 Å². The number of aromatic nitrogens is 8. The molecule has 2 saturated carbocycles. The number of aliphatic hydroxyl groups is 2. The number of methoxy groups -OCH3 is 2. The van der Waals surface area contributed by atoms with Crippen molar-refractivity contribution in [1.82, 2.24) is 45.5 Å². The molecule has 0 spiro atoms. The predicted octanol–water partition coefficient (Wildman–Crippen LogP) is 11.4. The van der Waals surface area contributed by atoms with Crippen LogP contribution in [-0.2, 0) is 4.79 Å². The van der Waals surface area contributed by atoms with Crippen LogP contribution in [0.4, 0.5) is 0 Å². The van der Waals surface area contributed by atoms with Crippen molar-refractivity contribution in [2.24, 2.45) is 5.73 Å². The molecule has 23 heteroatoms. The third kappa shape index (κ3) is 12.1. The quantitative estimate of drug-likeness (QED) is 0.0693. The summed E-state index contributed by atoms with van der Waals surface area (Å²) in [5.74, 6) is 5.69. The maximum absolute atomic E-state index is 13.4. The molecule has 0 unspecified atom stereocenters. The van der Waals surface area contributed by atoms with Crippen molar-refractivity contribution in [1.29, 1.82) is 0 Å². The van der Waals surface area contributed by atoms with Crippen molar-refractivity contribution in [3.8, 4) is 85.0 Å². The Balaban J connectivity index is 0.000000173. The summed E-state index contributed by atoms with van der Waals surface area (Å²) in [6, 6.07) is 15.5. The zero-order valence-electron chi connectivity index (χ0n) is 49.6. The average Bonchev–Trinajstić information content (AvgIpc) is 1.73. The van der Waals surface area contributed by atoms with Gasteiger partial charge in [0.25, 0.3) is 12.4 Å². The molecule has 8 heterocycles. The second-order valence-corrected chi connectivity index (χ2v) is 22.3. The van der Waals surface area contributed by atoms with E-state index in [1.54, 1.807) is 26.4 Å². The number of aryl methyl sites for hydroxylation is 6. The summed E-state index contributed by atoms with van der Waals surface area (Å²) in [5, 5.41) is 33.5. The van der Waals surface area contributed by atoms with E-state index in [1.165, 1.54) is 0 Å². The van der Waals surface area contributed by atoms with Crippen molar-refractivity contribution in [2.75, 3.05) is 40.6 Å². The monoisotopic (exact) mass is 1220 g/mol. The lowest BCUT2D eigenvalue weighted by Gasteiger charge is -2.27. The highest BCUT2D eigenvalue weighted by Crippen LogP contribution is 2.50. The van der Waals surface area contributed by atoms with E-state index < -0.39 is 0 Å². The molecule has 2 fully saturated rings. The van der Waals surface area contributed by atoms with E-state index in [0.717, 1.165) is 105 Å². The van der Waals surface area contributed by atoms with E-state index in [4.69, 9.17) is 68.0 Å². The van der Waals surface area contributed by atoms with Crippen LogP contribution in [0.2, 0.25) is 0 Å². The number of aromatic amines is 2.